The molecule has 0 saturated carbocycles. The molecule has 0 aromatic carbocycles. The van der Waals surface area contributed by atoms with Gasteiger partial charge in [-0.15, -0.1) is 0 Å². The van der Waals surface area contributed by atoms with Gasteiger partial charge in [0, 0.05) is 11.1 Å². The monoisotopic (exact) mass is 216 g/mol. The lowest BCUT2D eigenvalue weighted by atomic mass is 10.2. The Hall–Kier alpha value is -2.42. The van der Waals surface area contributed by atoms with Crippen LogP contribution in [-0.4, -0.2) is 22.0 Å². The minimum Gasteiger partial charge on any atom is -0.269 e. The average molecular weight is 216 g/mol. The maximum Gasteiger partial charge on any atom is 0.262 e. The van der Waals surface area contributed by atoms with Gasteiger partial charge < -0.3 is 0 Å². The molecule has 0 radical (unpaired) electrons. The highest BCUT2D eigenvalue weighted by Gasteiger charge is 2.36. The number of hydrogen-bond donors (Lipinski definition) is 1. The van der Waals surface area contributed by atoms with E-state index in [1.54, 1.807) is 13.8 Å². The molecule has 1 aliphatic heterocycles. The van der Waals surface area contributed by atoms with Gasteiger partial charge >= 0.3 is 0 Å². The molecule has 1 N–H and O–H groups in total. The number of imide groups is 1. The maximum absolute atomic E-state index is 11.8. The molecule has 1 aliphatic rings. The quantitative estimate of drug-likeness (QED) is 0.692. The van der Waals surface area contributed by atoms with Gasteiger partial charge in [-0.05, 0) is 13.8 Å². The van der Waals surface area contributed by atoms with E-state index in [1.165, 1.54) is 6.20 Å². The van der Waals surface area contributed by atoms with Gasteiger partial charge in [0.2, 0.25) is 0 Å². The molecule has 6 nitrogen and oxygen atoms in total. The van der Waals surface area contributed by atoms with Crippen LogP contribution in [0.2, 0.25) is 0 Å². The van der Waals surface area contributed by atoms with E-state index >= 15 is 0 Å². The summed E-state index contributed by atoms with van der Waals surface area (Å²) in [6.07, 6.45) is 1.28. The number of carbonyl (C=O) groups excluding carboxylic acids is 2. The van der Waals surface area contributed by atoms with Gasteiger partial charge in [0.1, 0.15) is 11.6 Å². The van der Waals surface area contributed by atoms with Crippen LogP contribution in [-0.2, 0) is 9.59 Å². The Labute approximate surface area is 91.2 Å². The number of aromatic amines is 1. The number of nitriles is 1. The first-order chi connectivity index (χ1) is 7.57. The molecule has 0 spiro atoms. The molecule has 0 fully saturated rings. The molecular weight excluding hydrogens is 208 g/mol. The summed E-state index contributed by atoms with van der Waals surface area (Å²) in [4.78, 5) is 24.5. The van der Waals surface area contributed by atoms with Gasteiger partial charge in [-0.25, -0.2) is 4.90 Å². The molecule has 1 aromatic heterocycles. The summed E-state index contributed by atoms with van der Waals surface area (Å²) >= 11 is 0. The summed E-state index contributed by atoms with van der Waals surface area (Å²) < 4.78 is 0. The van der Waals surface area contributed by atoms with E-state index in [2.05, 4.69) is 10.2 Å². The number of hydrogen-bond acceptors (Lipinski definition) is 4. The number of amides is 2. The molecule has 6 heteroatoms. The third kappa shape index (κ3) is 1.15. The largest absolute Gasteiger partial charge is 0.269 e. The molecule has 0 aliphatic carbocycles. The number of aromatic nitrogens is 2. The number of carbonyl (C=O) groups is 2. The van der Waals surface area contributed by atoms with E-state index < -0.39 is 11.8 Å². The average Bonchev–Trinajstić information content (AvgIpc) is 2.80. The van der Waals surface area contributed by atoms with Crippen LogP contribution >= 0.6 is 0 Å². The zero-order valence-corrected chi connectivity index (χ0v) is 8.74. The normalized spacial score (nSPS) is 15.9. The molecule has 0 atom stereocenters. The lowest BCUT2D eigenvalue weighted by Crippen LogP contribution is -2.32. The van der Waals surface area contributed by atoms with Gasteiger partial charge in [0.15, 0.2) is 5.82 Å². The summed E-state index contributed by atoms with van der Waals surface area (Å²) in [6, 6.07) is 1.86. The van der Waals surface area contributed by atoms with Gasteiger partial charge in [-0.3, -0.25) is 14.7 Å². The highest BCUT2D eigenvalue weighted by molar-refractivity contribution is 6.32. The second kappa shape index (κ2) is 3.31. The Balaban J connectivity index is 2.51. The fourth-order valence-electron chi connectivity index (χ4n) is 1.48. The molecule has 0 bridgehead atoms. The Morgan fingerprint density at radius 2 is 1.88 bits per heavy atom. The zero-order valence-electron chi connectivity index (χ0n) is 8.74. The Kier molecular flexibility index (Phi) is 2.09. The SMILES string of the molecule is CC1=C(C)C(=O)N(c2[nH]ncc2C#N)C1=O. The first kappa shape index (κ1) is 10.1. The van der Waals surface area contributed by atoms with Crippen molar-refractivity contribution in [2.24, 2.45) is 0 Å². The van der Waals surface area contributed by atoms with E-state index in [0.29, 0.717) is 11.1 Å². The van der Waals surface area contributed by atoms with Crippen LogP contribution in [0.5, 0.6) is 0 Å². The van der Waals surface area contributed by atoms with Crippen molar-refractivity contribution in [3.8, 4) is 6.07 Å². The van der Waals surface area contributed by atoms with Crippen LogP contribution in [0.25, 0.3) is 0 Å². The molecule has 16 heavy (non-hydrogen) atoms. The van der Waals surface area contributed by atoms with E-state index in [0.717, 1.165) is 4.90 Å². The smallest absolute Gasteiger partial charge is 0.262 e. The third-order valence-corrected chi connectivity index (χ3v) is 2.57. The van der Waals surface area contributed by atoms with Crippen molar-refractivity contribution in [2.45, 2.75) is 13.8 Å². The van der Waals surface area contributed by atoms with Crippen molar-refractivity contribution in [1.29, 1.82) is 5.26 Å². The zero-order chi connectivity index (χ0) is 11.9. The molecular formula is C10H8N4O2. The number of H-pyrrole nitrogens is 1. The molecule has 0 saturated heterocycles. The Bertz CT molecular complexity index is 538. The summed E-state index contributed by atoms with van der Waals surface area (Å²) in [7, 11) is 0. The minimum atomic E-state index is -0.414. The van der Waals surface area contributed by atoms with Crippen molar-refractivity contribution in [3.05, 3.63) is 22.9 Å². The van der Waals surface area contributed by atoms with E-state index in [-0.39, 0.29) is 11.4 Å². The van der Waals surface area contributed by atoms with Crippen LogP contribution in [0.1, 0.15) is 19.4 Å². The lowest BCUT2D eigenvalue weighted by molar-refractivity contribution is -0.120. The molecule has 2 rings (SSSR count). The topological polar surface area (TPSA) is 89.8 Å². The number of nitrogens with one attached hydrogen (secondary N) is 1. The lowest BCUT2D eigenvalue weighted by Gasteiger charge is -2.11. The van der Waals surface area contributed by atoms with Crippen molar-refractivity contribution >= 4 is 17.6 Å². The van der Waals surface area contributed by atoms with Crippen LogP contribution in [0.15, 0.2) is 17.3 Å². The number of anilines is 1. The predicted octanol–water partition coefficient (Wildman–Crippen LogP) is 0.491. The first-order valence-corrected chi connectivity index (χ1v) is 4.57. The van der Waals surface area contributed by atoms with Gasteiger partial charge in [-0.2, -0.15) is 10.4 Å². The summed E-state index contributed by atoms with van der Waals surface area (Å²) in [5, 5.41) is 14.9. The summed E-state index contributed by atoms with van der Waals surface area (Å²) in [5.41, 5.74) is 0.955. The molecule has 1 aromatic rings. The Morgan fingerprint density at radius 3 is 2.38 bits per heavy atom. The number of nitrogens with zero attached hydrogens (tertiary/aromatic N) is 3. The highest BCUT2D eigenvalue weighted by Crippen LogP contribution is 2.26. The second-order valence-corrected chi connectivity index (χ2v) is 3.44. The fourth-order valence-corrected chi connectivity index (χ4v) is 1.48. The molecule has 0 unspecified atom stereocenters. The van der Waals surface area contributed by atoms with Crippen LogP contribution in [0, 0.1) is 11.3 Å². The first-order valence-electron chi connectivity index (χ1n) is 4.57. The van der Waals surface area contributed by atoms with E-state index in [9.17, 15) is 9.59 Å². The van der Waals surface area contributed by atoms with Gasteiger partial charge in [0.05, 0.1) is 6.20 Å². The highest BCUT2D eigenvalue weighted by atomic mass is 16.2. The molecule has 2 heterocycles. The van der Waals surface area contributed by atoms with Gasteiger partial charge in [-0.1, -0.05) is 0 Å². The fraction of sp³-hybridized carbons (Fsp3) is 0.200. The third-order valence-electron chi connectivity index (χ3n) is 2.57. The second-order valence-electron chi connectivity index (χ2n) is 3.44. The summed E-state index contributed by atoms with van der Waals surface area (Å²) in [6.45, 7) is 3.16. The van der Waals surface area contributed by atoms with Crippen LogP contribution in [0.4, 0.5) is 5.82 Å². The van der Waals surface area contributed by atoms with Crippen LogP contribution < -0.4 is 4.90 Å². The summed E-state index contributed by atoms with van der Waals surface area (Å²) in [5.74, 6) is -0.694. The van der Waals surface area contributed by atoms with E-state index in [1.807, 2.05) is 6.07 Å². The number of rotatable bonds is 1. The van der Waals surface area contributed by atoms with Crippen molar-refractivity contribution in [1.82, 2.24) is 10.2 Å². The minimum absolute atomic E-state index is 0.133. The molecule has 2 amide bonds. The van der Waals surface area contributed by atoms with E-state index in [4.69, 9.17) is 5.26 Å². The van der Waals surface area contributed by atoms with Crippen LogP contribution in [0.3, 0.4) is 0 Å². The van der Waals surface area contributed by atoms with Gasteiger partial charge in [0.25, 0.3) is 11.8 Å². The predicted molar refractivity (Wildman–Crippen MR) is 54.2 cm³/mol. The standard InChI is InChI=1S/C10H8N4O2/c1-5-6(2)10(16)14(9(5)15)8-7(3-11)4-12-13-8/h4H,1-2H3,(H,12,13). The van der Waals surface area contributed by atoms with Crippen molar-refractivity contribution < 1.29 is 9.59 Å². The Morgan fingerprint density at radius 1 is 1.31 bits per heavy atom. The van der Waals surface area contributed by atoms with Crippen molar-refractivity contribution in [3.63, 3.8) is 0 Å². The van der Waals surface area contributed by atoms with Crippen molar-refractivity contribution in [2.75, 3.05) is 4.90 Å². The maximum atomic E-state index is 11.8. The molecule has 80 valence electrons.